The van der Waals surface area contributed by atoms with E-state index in [9.17, 15) is 4.79 Å². The van der Waals surface area contributed by atoms with Gasteiger partial charge in [0.1, 0.15) is 0 Å². The number of hydrogen-bond acceptors (Lipinski definition) is 1. The first-order chi connectivity index (χ1) is 9.16. The highest BCUT2D eigenvalue weighted by Gasteiger charge is 2.28. The molecule has 2 heteroatoms. The van der Waals surface area contributed by atoms with E-state index in [1.54, 1.807) is 0 Å². The van der Waals surface area contributed by atoms with E-state index in [1.165, 1.54) is 51.4 Å². The van der Waals surface area contributed by atoms with Gasteiger partial charge in [0.05, 0.1) is 0 Å². The van der Waals surface area contributed by atoms with E-state index in [0.717, 1.165) is 24.7 Å². The molecule has 2 rings (SSSR count). The fourth-order valence-corrected chi connectivity index (χ4v) is 3.88. The van der Waals surface area contributed by atoms with Crippen LogP contribution in [-0.4, -0.2) is 11.9 Å². The Kier molecular flexibility index (Phi) is 5.72. The van der Waals surface area contributed by atoms with Crippen LogP contribution < -0.4 is 5.32 Å². The molecule has 19 heavy (non-hydrogen) atoms. The first-order valence-electron chi connectivity index (χ1n) is 8.46. The molecule has 110 valence electrons. The number of nitrogens with one attached hydrogen (secondary N) is 1. The standard InChI is InChI=1S/C17H31NO/c1-13-7-6-10-16(14(13)2)18-17(19)12-11-15-8-4-3-5-9-15/h13-16H,3-12H2,1-2H3,(H,18,19). The second-order valence-electron chi connectivity index (χ2n) is 6.98. The van der Waals surface area contributed by atoms with Gasteiger partial charge in [-0.05, 0) is 30.6 Å². The summed E-state index contributed by atoms with van der Waals surface area (Å²) < 4.78 is 0. The van der Waals surface area contributed by atoms with E-state index < -0.39 is 0 Å². The quantitative estimate of drug-likeness (QED) is 0.807. The lowest BCUT2D eigenvalue weighted by atomic mass is 9.78. The summed E-state index contributed by atoms with van der Waals surface area (Å²) in [6.07, 6.45) is 12.5. The van der Waals surface area contributed by atoms with Crippen molar-refractivity contribution in [1.29, 1.82) is 0 Å². The Morgan fingerprint density at radius 1 is 1.00 bits per heavy atom. The Balaban J connectivity index is 1.68. The molecule has 2 saturated carbocycles. The van der Waals surface area contributed by atoms with Crippen molar-refractivity contribution in [2.45, 2.75) is 84.1 Å². The summed E-state index contributed by atoms with van der Waals surface area (Å²) in [4.78, 5) is 12.1. The van der Waals surface area contributed by atoms with E-state index >= 15 is 0 Å². The Labute approximate surface area is 118 Å². The van der Waals surface area contributed by atoms with Gasteiger partial charge in [-0.2, -0.15) is 0 Å². The van der Waals surface area contributed by atoms with E-state index in [4.69, 9.17) is 0 Å². The van der Waals surface area contributed by atoms with Crippen LogP contribution in [0.4, 0.5) is 0 Å². The van der Waals surface area contributed by atoms with Crippen LogP contribution in [0, 0.1) is 17.8 Å². The average Bonchev–Trinajstić information content (AvgIpc) is 2.43. The van der Waals surface area contributed by atoms with Crippen molar-refractivity contribution < 1.29 is 4.79 Å². The summed E-state index contributed by atoms with van der Waals surface area (Å²) in [7, 11) is 0. The van der Waals surface area contributed by atoms with Crippen LogP contribution in [0.3, 0.4) is 0 Å². The number of amides is 1. The van der Waals surface area contributed by atoms with E-state index in [1.807, 2.05) is 0 Å². The van der Waals surface area contributed by atoms with Crippen molar-refractivity contribution in [3.8, 4) is 0 Å². The predicted octanol–water partition coefficient (Wildman–Crippen LogP) is 4.29. The van der Waals surface area contributed by atoms with Gasteiger partial charge >= 0.3 is 0 Å². The van der Waals surface area contributed by atoms with Crippen molar-refractivity contribution in [3.63, 3.8) is 0 Å². The molecule has 2 aliphatic carbocycles. The summed E-state index contributed by atoms with van der Waals surface area (Å²) in [6, 6.07) is 0.433. The van der Waals surface area contributed by atoms with Crippen LogP contribution in [0.2, 0.25) is 0 Å². The Hall–Kier alpha value is -0.530. The first kappa shape index (κ1) is 14.9. The highest BCUT2D eigenvalue weighted by atomic mass is 16.1. The fourth-order valence-electron chi connectivity index (χ4n) is 3.88. The van der Waals surface area contributed by atoms with Crippen LogP contribution in [0.15, 0.2) is 0 Å². The van der Waals surface area contributed by atoms with E-state index in [2.05, 4.69) is 19.2 Å². The number of hydrogen-bond donors (Lipinski definition) is 1. The summed E-state index contributed by atoms with van der Waals surface area (Å²) in [5, 5.41) is 3.30. The SMILES string of the molecule is CC1CCCC(NC(=O)CCC2CCCCC2)C1C. The molecule has 0 bridgehead atoms. The lowest BCUT2D eigenvalue weighted by Crippen LogP contribution is -2.43. The smallest absolute Gasteiger partial charge is 0.220 e. The molecule has 1 amide bonds. The van der Waals surface area contributed by atoms with Gasteiger partial charge in [0, 0.05) is 12.5 Å². The van der Waals surface area contributed by atoms with Crippen molar-refractivity contribution in [2.24, 2.45) is 17.8 Å². The molecule has 2 aliphatic rings. The first-order valence-corrected chi connectivity index (χ1v) is 8.46. The predicted molar refractivity (Wildman–Crippen MR) is 79.9 cm³/mol. The summed E-state index contributed by atoms with van der Waals surface area (Å²) >= 11 is 0. The highest BCUT2D eigenvalue weighted by Crippen LogP contribution is 2.30. The molecule has 0 radical (unpaired) electrons. The summed E-state index contributed by atoms with van der Waals surface area (Å²) in [5.41, 5.74) is 0. The monoisotopic (exact) mass is 265 g/mol. The lowest BCUT2D eigenvalue weighted by Gasteiger charge is -2.34. The Morgan fingerprint density at radius 3 is 2.47 bits per heavy atom. The molecule has 3 atom stereocenters. The molecule has 0 aromatic carbocycles. The summed E-state index contributed by atoms with van der Waals surface area (Å²) in [6.45, 7) is 4.63. The second kappa shape index (κ2) is 7.31. The van der Waals surface area contributed by atoms with Crippen molar-refractivity contribution >= 4 is 5.91 Å². The number of carbonyl (C=O) groups is 1. The van der Waals surface area contributed by atoms with Crippen LogP contribution >= 0.6 is 0 Å². The van der Waals surface area contributed by atoms with Crippen LogP contribution in [0.25, 0.3) is 0 Å². The average molecular weight is 265 g/mol. The van der Waals surface area contributed by atoms with Gasteiger partial charge < -0.3 is 5.32 Å². The zero-order valence-corrected chi connectivity index (χ0v) is 12.8. The Bertz CT molecular complexity index is 283. The largest absolute Gasteiger partial charge is 0.353 e. The molecule has 2 nitrogen and oxygen atoms in total. The third kappa shape index (κ3) is 4.50. The molecule has 0 aromatic heterocycles. The minimum Gasteiger partial charge on any atom is -0.353 e. The van der Waals surface area contributed by atoms with Crippen LogP contribution in [0.5, 0.6) is 0 Å². The van der Waals surface area contributed by atoms with E-state index in [-0.39, 0.29) is 0 Å². The van der Waals surface area contributed by atoms with Gasteiger partial charge in [0.25, 0.3) is 0 Å². The molecule has 0 aromatic rings. The van der Waals surface area contributed by atoms with Gasteiger partial charge in [-0.3, -0.25) is 4.79 Å². The van der Waals surface area contributed by atoms with Gasteiger partial charge in [0.2, 0.25) is 5.91 Å². The second-order valence-corrected chi connectivity index (χ2v) is 6.98. The molecule has 2 fully saturated rings. The van der Waals surface area contributed by atoms with E-state index in [0.29, 0.717) is 17.9 Å². The maximum absolute atomic E-state index is 12.1. The van der Waals surface area contributed by atoms with Crippen LogP contribution in [0.1, 0.15) is 78.1 Å². The maximum Gasteiger partial charge on any atom is 0.220 e. The summed E-state index contributed by atoms with van der Waals surface area (Å²) in [5.74, 6) is 2.53. The Morgan fingerprint density at radius 2 is 1.74 bits per heavy atom. The lowest BCUT2D eigenvalue weighted by molar-refractivity contribution is -0.122. The molecular formula is C17H31NO. The third-order valence-corrected chi connectivity index (χ3v) is 5.56. The zero-order valence-electron chi connectivity index (χ0n) is 12.8. The molecule has 3 unspecified atom stereocenters. The molecule has 0 spiro atoms. The zero-order chi connectivity index (χ0) is 13.7. The minimum absolute atomic E-state index is 0.302. The topological polar surface area (TPSA) is 29.1 Å². The highest BCUT2D eigenvalue weighted by molar-refractivity contribution is 5.76. The van der Waals surface area contributed by atoms with Gasteiger partial charge in [-0.25, -0.2) is 0 Å². The number of rotatable bonds is 4. The molecular weight excluding hydrogens is 234 g/mol. The maximum atomic E-state index is 12.1. The van der Waals surface area contributed by atoms with Gasteiger partial charge in [-0.15, -0.1) is 0 Å². The fraction of sp³-hybridized carbons (Fsp3) is 0.941. The molecule has 0 heterocycles. The van der Waals surface area contributed by atoms with Crippen molar-refractivity contribution in [1.82, 2.24) is 5.32 Å². The van der Waals surface area contributed by atoms with Gasteiger partial charge in [0.15, 0.2) is 0 Å². The molecule has 0 saturated heterocycles. The van der Waals surface area contributed by atoms with Crippen molar-refractivity contribution in [3.05, 3.63) is 0 Å². The normalized spacial score (nSPS) is 33.1. The third-order valence-electron chi connectivity index (χ3n) is 5.56. The minimum atomic E-state index is 0.302. The number of carbonyl (C=O) groups excluding carboxylic acids is 1. The molecule has 1 N–H and O–H groups in total. The van der Waals surface area contributed by atoms with Gasteiger partial charge in [-0.1, -0.05) is 58.8 Å². The molecule has 0 aliphatic heterocycles. The van der Waals surface area contributed by atoms with Crippen LogP contribution in [-0.2, 0) is 4.79 Å². The van der Waals surface area contributed by atoms with Crippen molar-refractivity contribution in [2.75, 3.05) is 0 Å².